The van der Waals surface area contributed by atoms with Crippen molar-refractivity contribution in [2.24, 2.45) is 0 Å². The first-order chi connectivity index (χ1) is 9.74. The maximum Gasteiger partial charge on any atom is 0.330 e. The Kier molecular flexibility index (Phi) is 3.75. The van der Waals surface area contributed by atoms with E-state index in [1.54, 1.807) is 11.8 Å². The molecular formula is C14H14N2O3S. The van der Waals surface area contributed by atoms with Crippen LogP contribution in [0.15, 0.2) is 57.1 Å². The van der Waals surface area contributed by atoms with Gasteiger partial charge in [0.05, 0.1) is 11.9 Å². The molecule has 0 saturated carbocycles. The first kappa shape index (κ1) is 13.2. The molecule has 1 aliphatic heterocycles. The summed E-state index contributed by atoms with van der Waals surface area (Å²) < 4.78 is 7.12. The van der Waals surface area contributed by atoms with Crippen molar-refractivity contribution in [3.05, 3.63) is 63.4 Å². The van der Waals surface area contributed by atoms with Crippen molar-refractivity contribution in [3.8, 4) is 0 Å². The minimum atomic E-state index is -0.428. The van der Waals surface area contributed by atoms with Gasteiger partial charge in [0.1, 0.15) is 6.23 Å². The molecule has 1 saturated heterocycles. The fraction of sp³-hybridized carbons (Fsp3) is 0.286. The molecule has 0 amide bonds. The second-order valence-corrected chi connectivity index (χ2v) is 5.85. The quantitative estimate of drug-likeness (QED) is 0.933. The van der Waals surface area contributed by atoms with Gasteiger partial charge in [0.2, 0.25) is 0 Å². The minimum absolute atomic E-state index is 0.154. The molecule has 5 nitrogen and oxygen atoms in total. The van der Waals surface area contributed by atoms with Crippen molar-refractivity contribution >= 4 is 11.8 Å². The van der Waals surface area contributed by atoms with E-state index in [1.807, 2.05) is 30.3 Å². The minimum Gasteiger partial charge on any atom is -0.357 e. The van der Waals surface area contributed by atoms with Crippen molar-refractivity contribution in [2.45, 2.75) is 22.8 Å². The fourth-order valence-corrected chi connectivity index (χ4v) is 3.44. The maximum atomic E-state index is 11.8. The standard InChI is InChI=1S/C14H14N2O3S/c17-12-6-8-16(14(18)15-12)13-11(7-9-19-13)20-10-4-2-1-3-5-10/h1-6,8,11,13H,7,9H2,(H,15,17,18)/t11-,13+/m1/s1. The van der Waals surface area contributed by atoms with Crippen LogP contribution in [0.4, 0.5) is 0 Å². The number of ether oxygens (including phenoxy) is 1. The van der Waals surface area contributed by atoms with Crippen LogP contribution in [-0.2, 0) is 4.74 Å². The number of nitrogens with zero attached hydrogens (tertiary/aromatic N) is 1. The second kappa shape index (κ2) is 5.68. The van der Waals surface area contributed by atoms with Crippen LogP contribution in [0.25, 0.3) is 0 Å². The molecule has 6 heteroatoms. The summed E-state index contributed by atoms with van der Waals surface area (Å²) in [6, 6.07) is 11.4. The first-order valence-corrected chi connectivity index (χ1v) is 7.27. The van der Waals surface area contributed by atoms with Crippen molar-refractivity contribution < 1.29 is 4.74 Å². The Hall–Kier alpha value is -1.79. The van der Waals surface area contributed by atoms with Gasteiger partial charge in [-0.2, -0.15) is 0 Å². The van der Waals surface area contributed by atoms with Gasteiger partial charge >= 0.3 is 5.69 Å². The second-order valence-electron chi connectivity index (χ2n) is 4.54. The number of thioether (sulfide) groups is 1. The Labute approximate surface area is 119 Å². The SMILES string of the molecule is O=c1ccn([C@H]2OCC[C@H]2Sc2ccccc2)c(=O)[nH]1. The highest BCUT2D eigenvalue weighted by molar-refractivity contribution is 8.00. The van der Waals surface area contributed by atoms with Gasteiger partial charge in [0, 0.05) is 17.2 Å². The molecule has 0 radical (unpaired) electrons. The summed E-state index contributed by atoms with van der Waals surface area (Å²) in [6.45, 7) is 0.612. The Bertz CT molecular complexity index is 695. The van der Waals surface area contributed by atoms with Crippen LogP contribution >= 0.6 is 11.8 Å². The molecule has 20 heavy (non-hydrogen) atoms. The topological polar surface area (TPSA) is 64.1 Å². The van der Waals surface area contributed by atoms with Gasteiger partial charge in [-0.1, -0.05) is 18.2 Å². The van der Waals surface area contributed by atoms with Crippen LogP contribution in [0.1, 0.15) is 12.6 Å². The van der Waals surface area contributed by atoms with Crippen molar-refractivity contribution in [1.29, 1.82) is 0 Å². The van der Waals surface area contributed by atoms with Gasteiger partial charge in [-0.25, -0.2) is 4.79 Å². The van der Waals surface area contributed by atoms with Crippen LogP contribution in [0, 0.1) is 0 Å². The van der Waals surface area contributed by atoms with Crippen LogP contribution in [-0.4, -0.2) is 21.4 Å². The highest BCUT2D eigenvalue weighted by atomic mass is 32.2. The van der Waals surface area contributed by atoms with Crippen LogP contribution in [0.2, 0.25) is 0 Å². The van der Waals surface area contributed by atoms with E-state index in [4.69, 9.17) is 4.74 Å². The molecular weight excluding hydrogens is 276 g/mol. The van der Waals surface area contributed by atoms with E-state index < -0.39 is 11.2 Å². The number of benzene rings is 1. The van der Waals surface area contributed by atoms with E-state index in [0.717, 1.165) is 11.3 Å². The number of aromatic amines is 1. The lowest BCUT2D eigenvalue weighted by Gasteiger charge is -2.19. The molecule has 0 spiro atoms. The third-order valence-electron chi connectivity index (χ3n) is 3.17. The molecule has 2 aromatic rings. The number of aromatic nitrogens is 2. The van der Waals surface area contributed by atoms with Crippen LogP contribution in [0.5, 0.6) is 0 Å². The number of rotatable bonds is 3. The highest BCUT2D eigenvalue weighted by Crippen LogP contribution is 2.36. The molecule has 0 aliphatic carbocycles. The summed E-state index contributed by atoms with van der Waals surface area (Å²) in [5.74, 6) is 0. The van der Waals surface area contributed by atoms with Crippen molar-refractivity contribution in [1.82, 2.24) is 9.55 Å². The lowest BCUT2D eigenvalue weighted by Crippen LogP contribution is -2.34. The van der Waals surface area contributed by atoms with Crippen molar-refractivity contribution in [3.63, 3.8) is 0 Å². The van der Waals surface area contributed by atoms with E-state index >= 15 is 0 Å². The molecule has 1 aromatic heterocycles. The monoisotopic (exact) mass is 290 g/mol. The Morgan fingerprint density at radius 3 is 2.75 bits per heavy atom. The molecule has 3 rings (SSSR count). The highest BCUT2D eigenvalue weighted by Gasteiger charge is 2.31. The largest absolute Gasteiger partial charge is 0.357 e. The average Bonchev–Trinajstić information content (AvgIpc) is 2.88. The molecule has 0 bridgehead atoms. The van der Waals surface area contributed by atoms with Crippen LogP contribution < -0.4 is 11.2 Å². The third kappa shape index (κ3) is 2.71. The average molecular weight is 290 g/mol. The van der Waals surface area contributed by atoms with Gasteiger partial charge in [-0.05, 0) is 18.6 Å². The summed E-state index contributed by atoms with van der Waals surface area (Å²) in [5.41, 5.74) is -0.820. The third-order valence-corrected chi connectivity index (χ3v) is 4.48. The molecule has 1 fully saturated rings. The fourth-order valence-electron chi connectivity index (χ4n) is 2.23. The predicted molar refractivity (Wildman–Crippen MR) is 77.0 cm³/mol. The zero-order chi connectivity index (χ0) is 13.9. The molecule has 104 valence electrons. The van der Waals surface area contributed by atoms with Gasteiger partial charge < -0.3 is 4.74 Å². The Morgan fingerprint density at radius 2 is 2.00 bits per heavy atom. The van der Waals surface area contributed by atoms with Crippen molar-refractivity contribution in [2.75, 3.05) is 6.61 Å². The summed E-state index contributed by atoms with van der Waals surface area (Å²) >= 11 is 1.69. The maximum absolute atomic E-state index is 11.8. The predicted octanol–water partition coefficient (Wildman–Crippen LogP) is 1.62. The number of H-pyrrole nitrogens is 1. The first-order valence-electron chi connectivity index (χ1n) is 6.39. The lowest BCUT2D eigenvalue weighted by atomic mass is 10.3. The molecule has 1 N–H and O–H groups in total. The van der Waals surface area contributed by atoms with Crippen LogP contribution in [0.3, 0.4) is 0 Å². The van der Waals surface area contributed by atoms with E-state index in [2.05, 4.69) is 4.98 Å². The van der Waals surface area contributed by atoms with E-state index in [9.17, 15) is 9.59 Å². The molecule has 0 unspecified atom stereocenters. The van der Waals surface area contributed by atoms with Gasteiger partial charge in [-0.3, -0.25) is 14.3 Å². The summed E-state index contributed by atoms with van der Waals surface area (Å²) in [6.07, 6.45) is 2.02. The van der Waals surface area contributed by atoms with E-state index in [1.165, 1.54) is 16.8 Å². The lowest BCUT2D eigenvalue weighted by molar-refractivity contribution is 0.0551. The smallest absolute Gasteiger partial charge is 0.330 e. The summed E-state index contributed by atoms with van der Waals surface area (Å²) in [7, 11) is 0. The van der Waals surface area contributed by atoms with Gasteiger partial charge in [-0.15, -0.1) is 11.8 Å². The van der Waals surface area contributed by atoms with Gasteiger partial charge in [0.25, 0.3) is 5.56 Å². The molecule has 2 heterocycles. The Morgan fingerprint density at radius 1 is 1.20 bits per heavy atom. The number of hydrogen-bond acceptors (Lipinski definition) is 4. The summed E-state index contributed by atoms with van der Waals surface area (Å²) in [5, 5.41) is 0.154. The zero-order valence-corrected chi connectivity index (χ0v) is 11.5. The summed E-state index contributed by atoms with van der Waals surface area (Å²) in [4.78, 5) is 26.4. The molecule has 2 atom stereocenters. The number of nitrogens with one attached hydrogen (secondary N) is 1. The zero-order valence-electron chi connectivity index (χ0n) is 10.7. The Balaban J connectivity index is 1.85. The molecule has 1 aromatic carbocycles. The molecule has 1 aliphatic rings. The number of hydrogen-bond donors (Lipinski definition) is 1. The van der Waals surface area contributed by atoms with E-state index in [-0.39, 0.29) is 11.5 Å². The van der Waals surface area contributed by atoms with E-state index in [0.29, 0.717) is 6.61 Å². The van der Waals surface area contributed by atoms with Gasteiger partial charge in [0.15, 0.2) is 0 Å². The normalized spacial score (nSPS) is 22.0.